The third-order valence-electron chi connectivity index (χ3n) is 2.56. The van der Waals surface area contributed by atoms with E-state index in [1.54, 1.807) is 0 Å². The van der Waals surface area contributed by atoms with Gasteiger partial charge in [0.25, 0.3) is 0 Å². The van der Waals surface area contributed by atoms with Gasteiger partial charge in [0.15, 0.2) is 9.84 Å². The van der Waals surface area contributed by atoms with E-state index >= 15 is 0 Å². The SMILES string of the molecule is NC1CCS(=O)(=O)CC1CCC(=O)O. The minimum Gasteiger partial charge on any atom is -0.481 e. The summed E-state index contributed by atoms with van der Waals surface area (Å²) in [7, 11) is -2.99. The third kappa shape index (κ3) is 3.26. The molecule has 1 rings (SSSR count). The zero-order chi connectivity index (χ0) is 10.8. The number of hydrogen-bond donors (Lipinski definition) is 2. The molecule has 0 aliphatic carbocycles. The lowest BCUT2D eigenvalue weighted by Crippen LogP contribution is -2.42. The van der Waals surface area contributed by atoms with Crippen LogP contribution in [0.4, 0.5) is 0 Å². The van der Waals surface area contributed by atoms with Crippen molar-refractivity contribution < 1.29 is 18.3 Å². The van der Waals surface area contributed by atoms with Crippen molar-refractivity contribution in [3.8, 4) is 0 Å². The summed E-state index contributed by atoms with van der Waals surface area (Å²) in [5.41, 5.74) is 5.73. The number of rotatable bonds is 3. The van der Waals surface area contributed by atoms with E-state index in [1.807, 2.05) is 0 Å². The number of carbonyl (C=O) groups is 1. The molecule has 0 saturated carbocycles. The van der Waals surface area contributed by atoms with E-state index in [2.05, 4.69) is 0 Å². The maximum atomic E-state index is 11.2. The molecule has 1 heterocycles. The summed E-state index contributed by atoms with van der Waals surface area (Å²) in [4.78, 5) is 10.3. The van der Waals surface area contributed by atoms with E-state index in [9.17, 15) is 13.2 Å². The van der Waals surface area contributed by atoms with Crippen molar-refractivity contribution >= 4 is 15.8 Å². The molecule has 0 amide bonds. The van der Waals surface area contributed by atoms with Crippen LogP contribution in [-0.2, 0) is 14.6 Å². The Bertz CT molecular complexity index is 311. The molecule has 1 fully saturated rings. The lowest BCUT2D eigenvalue weighted by molar-refractivity contribution is -0.137. The van der Waals surface area contributed by atoms with Gasteiger partial charge in [0, 0.05) is 12.5 Å². The van der Waals surface area contributed by atoms with Crippen LogP contribution in [0.1, 0.15) is 19.3 Å². The Labute approximate surface area is 83.2 Å². The van der Waals surface area contributed by atoms with Gasteiger partial charge >= 0.3 is 5.97 Å². The second-order valence-corrected chi connectivity index (χ2v) is 5.99. The van der Waals surface area contributed by atoms with Crippen molar-refractivity contribution in [2.75, 3.05) is 11.5 Å². The minimum atomic E-state index is -2.99. The average Bonchev–Trinajstić information content (AvgIpc) is 2.06. The summed E-state index contributed by atoms with van der Waals surface area (Å²) in [5, 5.41) is 8.47. The number of aliphatic carboxylic acids is 1. The molecule has 1 aliphatic heterocycles. The van der Waals surface area contributed by atoms with Crippen molar-refractivity contribution in [2.24, 2.45) is 11.7 Å². The van der Waals surface area contributed by atoms with Crippen molar-refractivity contribution in [2.45, 2.75) is 25.3 Å². The predicted octanol–water partition coefficient (Wildman–Crippen LogP) is -0.387. The minimum absolute atomic E-state index is 0.00606. The van der Waals surface area contributed by atoms with Gasteiger partial charge in [0.2, 0.25) is 0 Å². The summed E-state index contributed by atoms with van der Waals surface area (Å²) < 4.78 is 22.5. The van der Waals surface area contributed by atoms with E-state index in [-0.39, 0.29) is 29.9 Å². The van der Waals surface area contributed by atoms with E-state index in [0.717, 1.165) is 0 Å². The quantitative estimate of drug-likeness (QED) is 0.676. The molecule has 6 heteroatoms. The molecular formula is C8H15NO4S. The average molecular weight is 221 g/mol. The van der Waals surface area contributed by atoms with Crippen molar-refractivity contribution in [3.63, 3.8) is 0 Å². The summed E-state index contributed by atoms with van der Waals surface area (Å²) in [6.07, 6.45) is 0.802. The topological polar surface area (TPSA) is 97.5 Å². The monoisotopic (exact) mass is 221 g/mol. The zero-order valence-electron chi connectivity index (χ0n) is 7.85. The first-order chi connectivity index (χ1) is 6.41. The smallest absolute Gasteiger partial charge is 0.303 e. The van der Waals surface area contributed by atoms with Crippen molar-refractivity contribution in [3.05, 3.63) is 0 Å². The standard InChI is InChI=1S/C8H15NO4S/c9-7-3-4-14(12,13)5-6(7)1-2-8(10)11/h6-7H,1-5,9H2,(H,10,11). The number of nitrogens with two attached hydrogens (primary N) is 1. The van der Waals surface area contributed by atoms with Gasteiger partial charge < -0.3 is 10.8 Å². The molecule has 2 unspecified atom stereocenters. The van der Waals surface area contributed by atoms with Gasteiger partial charge in [-0.3, -0.25) is 4.79 Å². The molecule has 0 aromatic rings. The first kappa shape index (κ1) is 11.5. The van der Waals surface area contributed by atoms with Crippen LogP contribution >= 0.6 is 0 Å². The fraction of sp³-hybridized carbons (Fsp3) is 0.875. The first-order valence-electron chi connectivity index (χ1n) is 4.58. The van der Waals surface area contributed by atoms with Gasteiger partial charge in [0.1, 0.15) is 0 Å². The first-order valence-corrected chi connectivity index (χ1v) is 6.40. The maximum Gasteiger partial charge on any atom is 0.303 e. The normalized spacial score (nSPS) is 31.2. The van der Waals surface area contributed by atoms with Crippen LogP contribution in [-0.4, -0.2) is 37.0 Å². The Kier molecular flexibility index (Phi) is 3.49. The molecule has 0 bridgehead atoms. The zero-order valence-corrected chi connectivity index (χ0v) is 8.66. The van der Waals surface area contributed by atoms with Crippen molar-refractivity contribution in [1.29, 1.82) is 0 Å². The van der Waals surface area contributed by atoms with Crippen LogP contribution in [0.25, 0.3) is 0 Å². The van der Waals surface area contributed by atoms with Gasteiger partial charge in [-0.2, -0.15) is 0 Å². The maximum absolute atomic E-state index is 11.2. The van der Waals surface area contributed by atoms with Crippen LogP contribution in [0.2, 0.25) is 0 Å². The molecule has 1 saturated heterocycles. The van der Waals surface area contributed by atoms with Gasteiger partial charge in [-0.05, 0) is 18.8 Å². The summed E-state index contributed by atoms with van der Waals surface area (Å²) in [6.45, 7) is 0. The molecule has 2 atom stereocenters. The lowest BCUT2D eigenvalue weighted by Gasteiger charge is -2.27. The molecule has 1 aliphatic rings. The predicted molar refractivity (Wildman–Crippen MR) is 51.6 cm³/mol. The van der Waals surface area contributed by atoms with E-state index in [4.69, 9.17) is 10.8 Å². The molecule has 0 spiro atoms. The summed E-state index contributed by atoms with van der Waals surface area (Å²) >= 11 is 0. The Balaban J connectivity index is 2.53. The van der Waals surface area contributed by atoms with Gasteiger partial charge in [-0.25, -0.2) is 8.42 Å². The fourth-order valence-corrected chi connectivity index (χ4v) is 3.55. The molecule has 3 N–H and O–H groups in total. The molecule has 5 nitrogen and oxygen atoms in total. The second kappa shape index (κ2) is 4.27. The largest absolute Gasteiger partial charge is 0.481 e. The highest BCUT2D eigenvalue weighted by atomic mass is 32.2. The van der Waals surface area contributed by atoms with Gasteiger partial charge in [-0.15, -0.1) is 0 Å². The summed E-state index contributed by atoms with van der Waals surface area (Å²) in [6, 6.07) is -0.169. The number of carboxylic acids is 1. The van der Waals surface area contributed by atoms with Crippen LogP contribution in [0.3, 0.4) is 0 Å². The number of hydrogen-bond acceptors (Lipinski definition) is 4. The van der Waals surface area contributed by atoms with E-state index in [0.29, 0.717) is 12.8 Å². The van der Waals surface area contributed by atoms with Crippen LogP contribution in [0, 0.1) is 5.92 Å². The molecule has 14 heavy (non-hydrogen) atoms. The fourth-order valence-electron chi connectivity index (χ4n) is 1.69. The van der Waals surface area contributed by atoms with Gasteiger partial charge in [0.05, 0.1) is 11.5 Å². The van der Waals surface area contributed by atoms with Gasteiger partial charge in [-0.1, -0.05) is 0 Å². The highest BCUT2D eigenvalue weighted by Gasteiger charge is 2.30. The summed E-state index contributed by atoms with van der Waals surface area (Å²) in [5.74, 6) is -0.913. The Morgan fingerprint density at radius 1 is 1.50 bits per heavy atom. The van der Waals surface area contributed by atoms with E-state index in [1.165, 1.54) is 0 Å². The molecular weight excluding hydrogens is 206 g/mol. The van der Waals surface area contributed by atoms with Crippen LogP contribution < -0.4 is 5.73 Å². The number of sulfone groups is 1. The Hall–Kier alpha value is -0.620. The Morgan fingerprint density at radius 2 is 2.14 bits per heavy atom. The molecule has 0 aromatic heterocycles. The highest BCUT2D eigenvalue weighted by molar-refractivity contribution is 7.91. The highest BCUT2D eigenvalue weighted by Crippen LogP contribution is 2.21. The molecule has 82 valence electrons. The molecule has 0 radical (unpaired) electrons. The van der Waals surface area contributed by atoms with Crippen LogP contribution in [0.5, 0.6) is 0 Å². The Morgan fingerprint density at radius 3 is 2.71 bits per heavy atom. The van der Waals surface area contributed by atoms with Crippen molar-refractivity contribution in [1.82, 2.24) is 0 Å². The second-order valence-electron chi connectivity index (χ2n) is 3.76. The third-order valence-corrected chi connectivity index (χ3v) is 4.36. The van der Waals surface area contributed by atoms with Crippen LogP contribution in [0.15, 0.2) is 0 Å². The van der Waals surface area contributed by atoms with E-state index < -0.39 is 15.8 Å². The lowest BCUT2D eigenvalue weighted by atomic mass is 9.95. The number of carboxylic acid groups (broad SMARTS) is 1. The molecule has 0 aromatic carbocycles.